The number of anilines is 1. The molecule has 0 saturated heterocycles. The number of carboxylic acids is 1. The van der Waals surface area contributed by atoms with Crippen molar-refractivity contribution in [3.63, 3.8) is 0 Å². The Labute approximate surface area is 203 Å². The summed E-state index contributed by atoms with van der Waals surface area (Å²) in [6.45, 7) is 0. The molecule has 2 unspecified atom stereocenters. The van der Waals surface area contributed by atoms with E-state index in [9.17, 15) is 19.5 Å². The second-order valence-electron chi connectivity index (χ2n) is 7.38. The summed E-state index contributed by atoms with van der Waals surface area (Å²) in [7, 11) is 1.59. The minimum atomic E-state index is -1.37. The fourth-order valence-corrected chi connectivity index (χ4v) is 4.54. The molecule has 2 atom stereocenters. The molecule has 1 N–H and O–H groups in total. The molecule has 0 saturated carbocycles. The van der Waals surface area contributed by atoms with Gasteiger partial charge in [-0.3, -0.25) is 9.59 Å². The van der Waals surface area contributed by atoms with Gasteiger partial charge in [-0.1, -0.05) is 54.1 Å². The van der Waals surface area contributed by atoms with Crippen molar-refractivity contribution in [1.29, 1.82) is 0 Å². The molecular weight excluding hydrogens is 543 g/mol. The van der Waals surface area contributed by atoms with E-state index in [4.69, 9.17) is 11.6 Å². The van der Waals surface area contributed by atoms with Crippen LogP contribution in [0.2, 0.25) is 5.02 Å². The Morgan fingerprint density at radius 1 is 1.03 bits per heavy atom. The van der Waals surface area contributed by atoms with Crippen molar-refractivity contribution in [3.05, 3.63) is 98.1 Å². The van der Waals surface area contributed by atoms with Gasteiger partial charge in [-0.05, 0) is 64.0 Å². The highest BCUT2D eigenvalue weighted by atomic mass is 127. The van der Waals surface area contributed by atoms with Crippen molar-refractivity contribution < 1.29 is 19.5 Å². The molecule has 0 aromatic heterocycles. The summed E-state index contributed by atoms with van der Waals surface area (Å²) < 4.78 is 0.798. The molecule has 1 aliphatic heterocycles. The Bertz CT molecular complexity index is 1200. The van der Waals surface area contributed by atoms with E-state index >= 15 is 0 Å². The van der Waals surface area contributed by atoms with Crippen LogP contribution in [0.15, 0.2) is 72.8 Å². The summed E-state index contributed by atoms with van der Waals surface area (Å²) in [6.07, 6.45) is 0. The van der Waals surface area contributed by atoms with Crippen molar-refractivity contribution >= 4 is 57.7 Å². The highest BCUT2D eigenvalue weighted by Crippen LogP contribution is 2.40. The third kappa shape index (κ3) is 3.98. The molecule has 3 aromatic carbocycles. The number of amides is 2. The van der Waals surface area contributed by atoms with E-state index in [2.05, 4.69) is 22.6 Å². The first-order chi connectivity index (χ1) is 15.3. The minimum Gasteiger partial charge on any atom is -0.479 e. The molecule has 8 heteroatoms. The standard InChI is InChI=1S/C24H18ClIN2O4/c1-27-19-12-11-17(26)13-18(19)22(29)28(21(24(31)32)14-5-3-2-4-6-14)20(23(27)30)15-7-9-16(25)10-8-15/h2-13,20-21H,1H3,(H,31,32). The van der Waals surface area contributed by atoms with E-state index in [1.807, 2.05) is 0 Å². The minimum absolute atomic E-state index is 0.270. The van der Waals surface area contributed by atoms with Gasteiger partial charge in [-0.25, -0.2) is 4.79 Å². The van der Waals surface area contributed by atoms with Crippen LogP contribution in [-0.2, 0) is 9.59 Å². The average Bonchev–Trinajstić information content (AvgIpc) is 2.85. The fraction of sp³-hybridized carbons (Fsp3) is 0.125. The van der Waals surface area contributed by atoms with Gasteiger partial charge >= 0.3 is 5.97 Å². The smallest absolute Gasteiger partial charge is 0.331 e. The molecule has 32 heavy (non-hydrogen) atoms. The molecule has 1 aliphatic rings. The Morgan fingerprint density at radius 3 is 2.31 bits per heavy atom. The molecule has 0 aliphatic carbocycles. The lowest BCUT2D eigenvalue weighted by Gasteiger charge is -2.35. The second kappa shape index (κ2) is 8.91. The van der Waals surface area contributed by atoms with E-state index in [0.717, 1.165) is 3.57 Å². The third-order valence-corrected chi connectivity index (χ3v) is 6.36. The molecule has 2 amide bonds. The second-order valence-corrected chi connectivity index (χ2v) is 9.06. The van der Waals surface area contributed by atoms with Crippen LogP contribution in [0.4, 0.5) is 5.69 Å². The topological polar surface area (TPSA) is 77.9 Å². The maximum Gasteiger partial charge on any atom is 0.331 e. The van der Waals surface area contributed by atoms with Crippen molar-refractivity contribution in [1.82, 2.24) is 4.90 Å². The molecule has 3 aromatic rings. The number of rotatable bonds is 4. The van der Waals surface area contributed by atoms with Gasteiger partial charge < -0.3 is 14.9 Å². The molecule has 1 heterocycles. The summed E-state index contributed by atoms with van der Waals surface area (Å²) in [6, 6.07) is 17.6. The Hall–Kier alpha value is -2.91. The van der Waals surface area contributed by atoms with Crippen LogP contribution in [0.1, 0.15) is 33.6 Å². The van der Waals surface area contributed by atoms with E-state index in [1.54, 1.807) is 79.8 Å². The number of halogens is 2. The number of likely N-dealkylation sites (N-methyl/N-ethyl adjacent to an activating group) is 1. The van der Waals surface area contributed by atoms with Crippen LogP contribution in [-0.4, -0.2) is 34.8 Å². The Morgan fingerprint density at radius 2 is 1.69 bits per heavy atom. The van der Waals surface area contributed by atoms with Crippen molar-refractivity contribution in [3.8, 4) is 0 Å². The number of fused-ring (bicyclic) bond motifs is 1. The fourth-order valence-electron chi connectivity index (χ4n) is 3.92. The molecule has 0 bridgehead atoms. The largest absolute Gasteiger partial charge is 0.479 e. The molecule has 0 spiro atoms. The quantitative estimate of drug-likeness (QED) is 0.459. The van der Waals surface area contributed by atoms with Gasteiger partial charge in [0, 0.05) is 15.6 Å². The van der Waals surface area contributed by atoms with Gasteiger partial charge in [0.15, 0.2) is 6.04 Å². The Balaban J connectivity index is 2.00. The number of carboxylic acid groups (broad SMARTS) is 1. The summed E-state index contributed by atoms with van der Waals surface area (Å²) in [4.78, 5) is 42.7. The molecule has 162 valence electrons. The number of carbonyl (C=O) groups is 3. The van der Waals surface area contributed by atoms with E-state index in [-0.39, 0.29) is 5.56 Å². The van der Waals surface area contributed by atoms with Gasteiger partial charge in [0.2, 0.25) is 0 Å². The van der Waals surface area contributed by atoms with E-state index in [0.29, 0.717) is 21.8 Å². The molecule has 0 radical (unpaired) electrons. The van der Waals surface area contributed by atoms with Gasteiger partial charge in [-0.15, -0.1) is 0 Å². The average molecular weight is 561 g/mol. The molecule has 0 fully saturated rings. The maximum atomic E-state index is 13.9. The maximum absolute atomic E-state index is 13.9. The lowest BCUT2D eigenvalue weighted by atomic mass is 9.97. The number of nitrogens with zero attached hydrogens (tertiary/aromatic N) is 2. The summed E-state index contributed by atoms with van der Waals surface area (Å²) in [5.74, 6) is -2.18. The number of hydrogen-bond donors (Lipinski definition) is 1. The zero-order chi connectivity index (χ0) is 23.0. The van der Waals surface area contributed by atoms with Crippen molar-refractivity contribution in [2.75, 3.05) is 11.9 Å². The third-order valence-electron chi connectivity index (χ3n) is 5.44. The SMILES string of the molecule is CN1C(=O)C(c2ccc(Cl)cc2)N(C(C(=O)O)c2ccccc2)C(=O)c2cc(I)ccc21. The first kappa shape index (κ1) is 22.3. The summed E-state index contributed by atoms with van der Waals surface area (Å²) in [5, 5.41) is 10.7. The highest BCUT2D eigenvalue weighted by Gasteiger charge is 2.45. The predicted molar refractivity (Wildman–Crippen MR) is 130 cm³/mol. The Kier molecular flexibility index (Phi) is 6.21. The zero-order valence-electron chi connectivity index (χ0n) is 16.9. The summed E-state index contributed by atoms with van der Waals surface area (Å²) in [5.41, 5.74) is 1.58. The predicted octanol–water partition coefficient (Wildman–Crippen LogP) is 4.93. The van der Waals surface area contributed by atoms with Crippen LogP contribution in [0.3, 0.4) is 0 Å². The number of aliphatic carboxylic acids is 1. The normalized spacial score (nSPS) is 17.0. The van der Waals surface area contributed by atoms with Gasteiger partial charge in [0.05, 0.1) is 11.3 Å². The number of hydrogen-bond acceptors (Lipinski definition) is 3. The van der Waals surface area contributed by atoms with Crippen LogP contribution in [0, 0.1) is 3.57 Å². The first-order valence-corrected chi connectivity index (χ1v) is 11.2. The molecular formula is C24H18ClIN2O4. The van der Waals surface area contributed by atoms with E-state index < -0.39 is 29.9 Å². The molecule has 6 nitrogen and oxygen atoms in total. The number of carbonyl (C=O) groups excluding carboxylic acids is 2. The highest BCUT2D eigenvalue weighted by molar-refractivity contribution is 14.1. The van der Waals surface area contributed by atoms with Gasteiger partial charge in [-0.2, -0.15) is 0 Å². The van der Waals surface area contributed by atoms with Crippen LogP contribution in [0.5, 0.6) is 0 Å². The number of benzene rings is 3. The monoisotopic (exact) mass is 560 g/mol. The molecule has 4 rings (SSSR count). The summed E-state index contributed by atoms with van der Waals surface area (Å²) >= 11 is 8.13. The first-order valence-electron chi connectivity index (χ1n) is 9.72. The van der Waals surface area contributed by atoms with Crippen LogP contribution in [0.25, 0.3) is 0 Å². The zero-order valence-corrected chi connectivity index (χ0v) is 19.8. The van der Waals surface area contributed by atoms with Gasteiger partial charge in [0.25, 0.3) is 11.8 Å². The van der Waals surface area contributed by atoms with Crippen molar-refractivity contribution in [2.24, 2.45) is 0 Å². The van der Waals surface area contributed by atoms with E-state index in [1.165, 1.54) is 9.80 Å². The van der Waals surface area contributed by atoms with Gasteiger partial charge in [0.1, 0.15) is 6.04 Å². The van der Waals surface area contributed by atoms with Crippen molar-refractivity contribution in [2.45, 2.75) is 12.1 Å². The lowest BCUT2D eigenvalue weighted by molar-refractivity contribution is -0.144. The van der Waals surface area contributed by atoms with Crippen LogP contribution < -0.4 is 4.90 Å². The lowest BCUT2D eigenvalue weighted by Crippen LogP contribution is -2.45. The van der Waals surface area contributed by atoms with Crippen LogP contribution >= 0.6 is 34.2 Å².